The third-order valence-corrected chi connectivity index (χ3v) is 4.64. The number of rotatable bonds is 8. The summed E-state index contributed by atoms with van der Waals surface area (Å²) in [5.74, 6) is 1.22. The number of aliphatic hydroxyl groups is 1. The lowest BCUT2D eigenvalue weighted by Crippen LogP contribution is -2.47. The second kappa shape index (κ2) is 10.4. The van der Waals surface area contributed by atoms with Crippen LogP contribution in [0.4, 0.5) is 4.79 Å². The Morgan fingerprint density at radius 1 is 1.31 bits per heavy atom. The Labute approximate surface area is 156 Å². The molecule has 1 aromatic carbocycles. The van der Waals surface area contributed by atoms with E-state index >= 15 is 0 Å². The molecule has 6 heteroatoms. The highest BCUT2D eigenvalue weighted by molar-refractivity contribution is 5.67. The predicted molar refractivity (Wildman–Crippen MR) is 102 cm³/mol. The molecule has 0 spiro atoms. The molecular formula is C20H32N2O4. The molecular weight excluding hydrogens is 332 g/mol. The van der Waals surface area contributed by atoms with Gasteiger partial charge in [0, 0.05) is 25.7 Å². The molecule has 1 atom stereocenters. The highest BCUT2D eigenvalue weighted by atomic mass is 16.6. The first-order valence-corrected chi connectivity index (χ1v) is 9.56. The van der Waals surface area contributed by atoms with Crippen molar-refractivity contribution in [2.75, 3.05) is 32.8 Å². The van der Waals surface area contributed by atoms with Gasteiger partial charge in [-0.3, -0.25) is 0 Å². The maximum Gasteiger partial charge on any atom is 0.409 e. The predicted octanol–water partition coefficient (Wildman–Crippen LogP) is 2.76. The van der Waals surface area contributed by atoms with Crippen molar-refractivity contribution in [2.24, 2.45) is 0 Å². The number of benzene rings is 1. The number of nitrogens with zero attached hydrogens (tertiary/aromatic N) is 1. The highest BCUT2D eigenvalue weighted by Crippen LogP contribution is 2.25. The van der Waals surface area contributed by atoms with Crippen LogP contribution >= 0.6 is 0 Å². The van der Waals surface area contributed by atoms with Crippen LogP contribution in [0, 0.1) is 0 Å². The third kappa shape index (κ3) is 6.18. The Morgan fingerprint density at radius 3 is 2.65 bits per heavy atom. The standard InChI is InChI=1S/C20H32N2O4/c1-4-25-20(24)22-11-9-16(10-12-22)21-13-17(23)14-26-19-8-6-5-7-18(19)15(2)3/h5-8,15-17,21,23H,4,9-14H2,1-3H3/t17-/m1/s1. The fraction of sp³-hybridized carbons (Fsp3) is 0.650. The lowest BCUT2D eigenvalue weighted by atomic mass is 10.0. The minimum Gasteiger partial charge on any atom is -0.491 e. The van der Waals surface area contributed by atoms with Crippen LogP contribution in [-0.4, -0.2) is 61.1 Å². The summed E-state index contributed by atoms with van der Waals surface area (Å²) in [6.07, 6.45) is 0.923. The number of hydrogen-bond acceptors (Lipinski definition) is 5. The Balaban J connectivity index is 1.68. The first-order chi connectivity index (χ1) is 12.5. The summed E-state index contributed by atoms with van der Waals surface area (Å²) >= 11 is 0. The van der Waals surface area contributed by atoms with E-state index in [9.17, 15) is 9.90 Å². The molecule has 1 aliphatic rings. The van der Waals surface area contributed by atoms with Crippen molar-refractivity contribution in [1.82, 2.24) is 10.2 Å². The van der Waals surface area contributed by atoms with Crippen molar-refractivity contribution in [2.45, 2.75) is 51.7 Å². The number of nitrogens with one attached hydrogen (secondary N) is 1. The zero-order valence-corrected chi connectivity index (χ0v) is 16.1. The van der Waals surface area contributed by atoms with E-state index in [-0.39, 0.29) is 12.7 Å². The minimum atomic E-state index is -0.571. The summed E-state index contributed by atoms with van der Waals surface area (Å²) in [6, 6.07) is 8.26. The minimum absolute atomic E-state index is 0.233. The topological polar surface area (TPSA) is 71.0 Å². The van der Waals surface area contributed by atoms with Gasteiger partial charge >= 0.3 is 6.09 Å². The molecule has 0 radical (unpaired) electrons. The second-order valence-electron chi connectivity index (χ2n) is 7.03. The summed E-state index contributed by atoms with van der Waals surface area (Å²) in [5, 5.41) is 13.6. The van der Waals surface area contributed by atoms with Crippen molar-refractivity contribution < 1.29 is 19.4 Å². The lowest BCUT2D eigenvalue weighted by molar-refractivity contribution is 0.0858. The molecule has 0 aliphatic carbocycles. The zero-order chi connectivity index (χ0) is 18.9. The van der Waals surface area contributed by atoms with Gasteiger partial charge in [-0.2, -0.15) is 0 Å². The SMILES string of the molecule is CCOC(=O)N1CCC(NC[C@@H](O)COc2ccccc2C(C)C)CC1. The molecule has 6 nitrogen and oxygen atoms in total. The molecule has 26 heavy (non-hydrogen) atoms. The highest BCUT2D eigenvalue weighted by Gasteiger charge is 2.23. The summed E-state index contributed by atoms with van der Waals surface area (Å²) in [6.45, 7) is 8.59. The molecule has 1 aliphatic heterocycles. The third-order valence-electron chi connectivity index (χ3n) is 4.64. The number of amides is 1. The summed E-state index contributed by atoms with van der Waals surface area (Å²) < 4.78 is 10.8. The molecule has 0 unspecified atom stereocenters. The van der Waals surface area contributed by atoms with Gasteiger partial charge in [0.15, 0.2) is 0 Å². The number of carbonyl (C=O) groups excluding carboxylic acids is 1. The average molecular weight is 364 g/mol. The summed E-state index contributed by atoms with van der Waals surface area (Å²) in [5.41, 5.74) is 1.15. The Morgan fingerprint density at radius 2 is 2.00 bits per heavy atom. The fourth-order valence-electron chi connectivity index (χ4n) is 3.12. The van der Waals surface area contributed by atoms with Crippen molar-refractivity contribution in [3.8, 4) is 5.75 Å². The van der Waals surface area contributed by atoms with Crippen LogP contribution in [0.2, 0.25) is 0 Å². The smallest absolute Gasteiger partial charge is 0.409 e. The zero-order valence-electron chi connectivity index (χ0n) is 16.1. The van der Waals surface area contributed by atoms with Crippen LogP contribution in [0.5, 0.6) is 5.75 Å². The van der Waals surface area contributed by atoms with Gasteiger partial charge in [0.1, 0.15) is 18.5 Å². The van der Waals surface area contributed by atoms with Crippen molar-refractivity contribution in [1.29, 1.82) is 0 Å². The molecule has 2 N–H and O–H groups in total. The van der Waals surface area contributed by atoms with Crippen molar-refractivity contribution in [3.63, 3.8) is 0 Å². The van der Waals surface area contributed by atoms with Crippen LogP contribution in [-0.2, 0) is 4.74 Å². The van der Waals surface area contributed by atoms with Crippen LogP contribution in [0.25, 0.3) is 0 Å². The van der Waals surface area contributed by atoms with E-state index in [2.05, 4.69) is 25.2 Å². The van der Waals surface area contributed by atoms with Gasteiger partial charge in [0.25, 0.3) is 0 Å². The Hall–Kier alpha value is -1.79. The van der Waals surface area contributed by atoms with E-state index in [0.29, 0.717) is 38.2 Å². The summed E-state index contributed by atoms with van der Waals surface area (Å²) in [7, 11) is 0. The van der Waals surface area contributed by atoms with E-state index in [1.54, 1.807) is 4.90 Å². The largest absolute Gasteiger partial charge is 0.491 e. The van der Waals surface area contributed by atoms with E-state index in [1.165, 1.54) is 0 Å². The van der Waals surface area contributed by atoms with E-state index < -0.39 is 6.10 Å². The molecule has 1 amide bonds. The lowest BCUT2D eigenvalue weighted by Gasteiger charge is -2.32. The van der Waals surface area contributed by atoms with Gasteiger partial charge in [-0.15, -0.1) is 0 Å². The average Bonchev–Trinajstić information content (AvgIpc) is 2.65. The molecule has 146 valence electrons. The number of hydrogen-bond donors (Lipinski definition) is 2. The molecule has 1 aromatic rings. The fourth-order valence-corrected chi connectivity index (χ4v) is 3.12. The normalized spacial score (nSPS) is 16.6. The maximum atomic E-state index is 11.7. The van der Waals surface area contributed by atoms with Crippen molar-refractivity contribution in [3.05, 3.63) is 29.8 Å². The van der Waals surface area contributed by atoms with Gasteiger partial charge in [-0.25, -0.2) is 4.79 Å². The number of piperidine rings is 1. The quantitative estimate of drug-likeness (QED) is 0.742. The number of para-hydroxylation sites is 1. The van der Waals surface area contributed by atoms with Crippen molar-refractivity contribution >= 4 is 6.09 Å². The molecule has 0 bridgehead atoms. The monoisotopic (exact) mass is 364 g/mol. The summed E-state index contributed by atoms with van der Waals surface area (Å²) in [4.78, 5) is 13.4. The van der Waals surface area contributed by atoms with Crippen LogP contribution in [0.3, 0.4) is 0 Å². The van der Waals surface area contributed by atoms with Crippen LogP contribution in [0.15, 0.2) is 24.3 Å². The maximum absolute atomic E-state index is 11.7. The van der Waals surface area contributed by atoms with Crippen LogP contribution < -0.4 is 10.1 Å². The van der Waals surface area contributed by atoms with E-state index in [1.807, 2.05) is 25.1 Å². The molecule has 1 heterocycles. The Bertz CT molecular complexity index is 556. The molecule has 0 aromatic heterocycles. The van der Waals surface area contributed by atoms with Gasteiger partial charge in [-0.05, 0) is 37.3 Å². The number of likely N-dealkylation sites (tertiary alicyclic amines) is 1. The van der Waals surface area contributed by atoms with Gasteiger partial charge in [0.05, 0.1) is 6.61 Å². The molecule has 1 saturated heterocycles. The van der Waals surface area contributed by atoms with Gasteiger partial charge in [0.2, 0.25) is 0 Å². The van der Waals surface area contributed by atoms with Gasteiger partial charge in [-0.1, -0.05) is 32.0 Å². The first-order valence-electron chi connectivity index (χ1n) is 9.56. The molecule has 0 saturated carbocycles. The second-order valence-corrected chi connectivity index (χ2v) is 7.03. The Kier molecular flexibility index (Phi) is 8.19. The molecule has 2 rings (SSSR count). The van der Waals surface area contributed by atoms with E-state index in [4.69, 9.17) is 9.47 Å². The number of carbonyl (C=O) groups is 1. The van der Waals surface area contributed by atoms with Crippen LogP contribution in [0.1, 0.15) is 45.1 Å². The number of ether oxygens (including phenoxy) is 2. The number of aliphatic hydroxyl groups excluding tert-OH is 1. The van der Waals surface area contributed by atoms with E-state index in [0.717, 1.165) is 24.2 Å². The molecule has 1 fully saturated rings. The van der Waals surface area contributed by atoms with Gasteiger partial charge < -0.3 is 24.8 Å². The first kappa shape index (κ1) is 20.5.